The van der Waals surface area contributed by atoms with Gasteiger partial charge >= 0.3 is 0 Å². The summed E-state index contributed by atoms with van der Waals surface area (Å²) in [5.41, 5.74) is 29.8. The van der Waals surface area contributed by atoms with E-state index in [0.717, 1.165) is 39.8 Å². The summed E-state index contributed by atoms with van der Waals surface area (Å²) < 4.78 is 0. The maximum absolute atomic E-state index is 2.67. The molecule has 0 atom stereocenters. The predicted molar refractivity (Wildman–Crippen MR) is 397 cm³/mol. The average molecular weight is 1220 g/mol. The third-order valence-corrected chi connectivity index (χ3v) is 21.3. The number of para-hydroxylation sites is 5. The highest BCUT2D eigenvalue weighted by Gasteiger charge is 2.47. The molecule has 18 rings (SSSR count). The molecule has 14 aromatic carbocycles. The molecule has 4 nitrogen and oxygen atoms in total. The minimum atomic E-state index is -0.0842. The summed E-state index contributed by atoms with van der Waals surface area (Å²) in [5.74, 6) is 0. The van der Waals surface area contributed by atoms with Gasteiger partial charge in [-0.3, -0.25) is 0 Å². The van der Waals surface area contributed by atoms with E-state index in [9.17, 15) is 0 Å². The van der Waals surface area contributed by atoms with Crippen molar-refractivity contribution >= 4 is 138 Å². The van der Waals surface area contributed by atoms with Gasteiger partial charge in [0.05, 0.1) is 5.69 Å². The van der Waals surface area contributed by atoms with E-state index in [1.807, 2.05) is 23.5 Å². The quantitative estimate of drug-likeness (QED) is 0.119. The lowest BCUT2D eigenvalue weighted by molar-refractivity contribution is 1.21. The maximum atomic E-state index is 2.67. The first-order chi connectivity index (χ1) is 46.1. The number of benzene rings is 14. The zero-order valence-corrected chi connectivity index (χ0v) is 52.6. The molecule has 0 unspecified atom stereocenters. The molecule has 0 N–H and O–H groups in total. The molecule has 4 heterocycles. The van der Waals surface area contributed by atoms with Crippen molar-refractivity contribution < 1.29 is 0 Å². The molecule has 4 aliphatic heterocycles. The van der Waals surface area contributed by atoms with Gasteiger partial charge in [-0.1, -0.05) is 265 Å². The fraction of sp³-hybridized carbons (Fsp3) is 0.0118. The van der Waals surface area contributed by atoms with Crippen LogP contribution in [-0.2, 0) is 0 Å². The van der Waals surface area contributed by atoms with E-state index >= 15 is 0 Å². The van der Waals surface area contributed by atoms with Crippen LogP contribution in [-0.4, -0.2) is 13.4 Å². The molecule has 0 saturated heterocycles. The van der Waals surface area contributed by atoms with Gasteiger partial charge in [0.1, 0.15) is 0 Å². The van der Waals surface area contributed by atoms with Crippen LogP contribution in [0.2, 0.25) is 0 Å². The van der Waals surface area contributed by atoms with Gasteiger partial charge in [-0.05, 0) is 165 Å². The fourth-order valence-corrected chi connectivity index (χ4v) is 17.3. The Morgan fingerprint density at radius 2 is 0.710 bits per heavy atom. The Balaban J connectivity index is 0.897. The normalized spacial score (nSPS) is 12.8. The van der Waals surface area contributed by atoms with E-state index in [0.29, 0.717) is 0 Å². The summed E-state index contributed by atoms with van der Waals surface area (Å²) in [6, 6.07) is 124. The van der Waals surface area contributed by atoms with E-state index in [1.165, 1.54) is 120 Å². The zero-order chi connectivity index (χ0) is 61.5. The fourth-order valence-electron chi connectivity index (χ4n) is 14.9. The number of hydrogen-bond donors (Lipinski definition) is 0. The molecule has 0 bridgehead atoms. The van der Waals surface area contributed by atoms with Gasteiger partial charge in [0, 0.05) is 87.7 Å². The van der Waals surface area contributed by atoms with Crippen LogP contribution in [0, 0.1) is 6.92 Å². The highest BCUT2D eigenvalue weighted by Crippen LogP contribution is 2.52. The molecule has 0 spiro atoms. The largest absolute Gasteiger partial charge is 0.311 e. The van der Waals surface area contributed by atoms with Crippen molar-refractivity contribution in [3.8, 4) is 33.4 Å². The molecule has 0 aliphatic carbocycles. The minimum absolute atomic E-state index is 0.0628. The molecule has 0 radical (unpaired) electrons. The van der Waals surface area contributed by atoms with Crippen LogP contribution in [0.25, 0.3) is 33.4 Å². The van der Waals surface area contributed by atoms with Crippen molar-refractivity contribution in [3.63, 3.8) is 0 Å². The van der Waals surface area contributed by atoms with Crippen molar-refractivity contribution in [3.05, 3.63) is 339 Å². The second-order valence-electron chi connectivity index (χ2n) is 24.4. The van der Waals surface area contributed by atoms with Gasteiger partial charge in [-0.2, -0.15) is 0 Å². The lowest BCUT2D eigenvalue weighted by atomic mass is 9.31. The van der Waals surface area contributed by atoms with E-state index in [-0.39, 0.29) is 13.4 Å². The van der Waals surface area contributed by atoms with Crippen molar-refractivity contribution in [2.75, 3.05) is 19.6 Å². The first-order valence-corrected chi connectivity index (χ1v) is 33.6. The van der Waals surface area contributed by atoms with Gasteiger partial charge < -0.3 is 19.6 Å². The molecule has 8 heteroatoms. The highest BCUT2D eigenvalue weighted by atomic mass is 32.2. The second kappa shape index (κ2) is 22.8. The van der Waals surface area contributed by atoms with Crippen molar-refractivity contribution in [1.29, 1.82) is 0 Å². The number of anilines is 12. The van der Waals surface area contributed by atoms with E-state index in [2.05, 4.69) is 360 Å². The van der Waals surface area contributed by atoms with Crippen molar-refractivity contribution in [2.45, 2.75) is 26.5 Å². The van der Waals surface area contributed by atoms with Crippen LogP contribution in [0.3, 0.4) is 0 Å². The minimum Gasteiger partial charge on any atom is -0.311 e. The number of aryl methyl sites for hydroxylation is 1. The smallest absolute Gasteiger partial charge is 0.249 e. The zero-order valence-electron chi connectivity index (χ0n) is 51.0. The summed E-state index contributed by atoms with van der Waals surface area (Å²) in [7, 11) is 0. The van der Waals surface area contributed by atoms with E-state index < -0.39 is 0 Å². The molecular formula is C85H58B2N4S2. The van der Waals surface area contributed by atoms with Crippen LogP contribution in [0.4, 0.5) is 68.2 Å². The third kappa shape index (κ3) is 9.34. The van der Waals surface area contributed by atoms with Gasteiger partial charge in [0.25, 0.3) is 0 Å². The maximum Gasteiger partial charge on any atom is 0.249 e. The van der Waals surface area contributed by atoms with Crippen LogP contribution >= 0.6 is 23.5 Å². The monoisotopic (exact) mass is 1220 g/mol. The molecule has 0 amide bonds. The number of nitrogens with zero attached hydrogens (tertiary/aromatic N) is 4. The Hall–Kier alpha value is -10.9. The Morgan fingerprint density at radius 1 is 0.269 bits per heavy atom. The molecule has 0 saturated carbocycles. The first-order valence-electron chi connectivity index (χ1n) is 32.0. The Kier molecular flexibility index (Phi) is 13.5. The summed E-state index contributed by atoms with van der Waals surface area (Å²) in [6.45, 7) is 2.15. The van der Waals surface area contributed by atoms with Crippen molar-refractivity contribution in [2.24, 2.45) is 0 Å². The van der Waals surface area contributed by atoms with Gasteiger partial charge in [0.15, 0.2) is 0 Å². The average Bonchev–Trinajstić information content (AvgIpc) is 0.700. The summed E-state index contributed by atoms with van der Waals surface area (Å²) in [4.78, 5) is 15.1. The second-order valence-corrected chi connectivity index (χ2v) is 26.5. The van der Waals surface area contributed by atoms with E-state index in [1.54, 1.807) is 0 Å². The number of rotatable bonds is 11. The van der Waals surface area contributed by atoms with Gasteiger partial charge in [-0.25, -0.2) is 0 Å². The third-order valence-electron chi connectivity index (χ3n) is 19.0. The number of fused-ring (bicyclic) bond motifs is 8. The summed E-state index contributed by atoms with van der Waals surface area (Å²) in [5, 5.41) is 0. The Morgan fingerprint density at radius 3 is 1.28 bits per heavy atom. The van der Waals surface area contributed by atoms with Crippen LogP contribution in [0.1, 0.15) is 5.56 Å². The predicted octanol–water partition coefficient (Wildman–Crippen LogP) is 19.5. The van der Waals surface area contributed by atoms with Crippen LogP contribution in [0.15, 0.2) is 353 Å². The van der Waals surface area contributed by atoms with Crippen LogP contribution in [0.5, 0.6) is 0 Å². The summed E-state index contributed by atoms with van der Waals surface area (Å²) >= 11 is 3.83. The molecular weight excluding hydrogens is 1160 g/mol. The van der Waals surface area contributed by atoms with Gasteiger partial charge in [0.2, 0.25) is 13.4 Å². The Labute approximate surface area is 552 Å². The molecule has 0 fully saturated rings. The SMILES string of the molecule is Cc1cccc(-c2ccccc2)c1N1c2cc3c(cc2B2c4ccccc4Sc4cc(N(c5ccccc5)c5ccccc5)cc1c42)B1c2ccccc2N(c2ccccc2)c2cc(N(c4ccc(-c5ccccc5)cc4)c4ccc(-c5ccccc5)cc4)cc(c21)S3. The molecule has 0 aromatic heterocycles. The topological polar surface area (TPSA) is 13.0 Å². The lowest BCUT2D eigenvalue weighted by Crippen LogP contribution is -2.64. The lowest BCUT2D eigenvalue weighted by Gasteiger charge is -2.44. The van der Waals surface area contributed by atoms with E-state index in [4.69, 9.17) is 0 Å². The highest BCUT2D eigenvalue weighted by molar-refractivity contribution is 8.00. The summed E-state index contributed by atoms with van der Waals surface area (Å²) in [6.07, 6.45) is 0. The molecule has 436 valence electrons. The molecule has 93 heavy (non-hydrogen) atoms. The standard InChI is InChI=1S/C85H58B2N4S2/c1-57-25-24-38-70(62-30-12-4-13-31-62)85(57)91-76-56-80-74(55-73(76)87-72-40-21-23-42-79(72)92-81-53-69(52-78(91)84(81)87)88(63-32-14-5-15-33-63)64-34-16-6-17-35-64)86-71-39-20-22-41-75(71)90(65-36-18-7-19-37-65)77-51-68(54-82(93-80)83(77)86)89(66-47-43-60(44-48-66)58-26-8-2-9-27-58)67-49-45-61(46-50-67)59-28-10-3-11-29-59/h2-56H,1H3. The first kappa shape index (κ1) is 55.0. The molecule has 4 aliphatic rings. The van der Waals surface area contributed by atoms with Crippen LogP contribution < -0.4 is 52.4 Å². The molecule has 14 aromatic rings. The van der Waals surface area contributed by atoms with Gasteiger partial charge in [-0.15, -0.1) is 0 Å². The van der Waals surface area contributed by atoms with Crippen molar-refractivity contribution in [1.82, 2.24) is 0 Å². The Bertz CT molecular complexity index is 5050. The number of hydrogen-bond acceptors (Lipinski definition) is 6.